The quantitative estimate of drug-likeness (QED) is 0.635. The van der Waals surface area contributed by atoms with E-state index in [1.165, 1.54) is 12.0 Å². The SMILES string of the molecule is C=C1C(CC(=O)[O-])CC2(C(C)C)CC12. The molecular weight excluding hydrogens is 176 g/mol. The number of carboxylic acid groups (broad SMARTS) is 1. The van der Waals surface area contributed by atoms with Crippen molar-refractivity contribution < 1.29 is 9.90 Å². The zero-order valence-corrected chi connectivity index (χ0v) is 8.88. The van der Waals surface area contributed by atoms with Crippen molar-refractivity contribution in [3.8, 4) is 0 Å². The van der Waals surface area contributed by atoms with Gasteiger partial charge in [-0.25, -0.2) is 0 Å². The minimum Gasteiger partial charge on any atom is -0.550 e. The highest BCUT2D eigenvalue weighted by molar-refractivity contribution is 5.65. The van der Waals surface area contributed by atoms with Crippen molar-refractivity contribution in [3.63, 3.8) is 0 Å². The van der Waals surface area contributed by atoms with E-state index in [4.69, 9.17) is 0 Å². The van der Waals surface area contributed by atoms with Gasteiger partial charge in [0.15, 0.2) is 0 Å². The highest BCUT2D eigenvalue weighted by Crippen LogP contribution is 2.71. The molecule has 78 valence electrons. The van der Waals surface area contributed by atoms with Gasteiger partial charge in [-0.2, -0.15) is 0 Å². The number of rotatable bonds is 3. The third kappa shape index (κ3) is 1.20. The Morgan fingerprint density at radius 1 is 1.64 bits per heavy atom. The molecule has 2 nitrogen and oxygen atoms in total. The molecule has 2 saturated carbocycles. The molecular formula is C12H17O2-. The zero-order valence-electron chi connectivity index (χ0n) is 8.88. The van der Waals surface area contributed by atoms with Crippen molar-refractivity contribution in [1.82, 2.24) is 0 Å². The van der Waals surface area contributed by atoms with E-state index in [9.17, 15) is 9.90 Å². The average molecular weight is 193 g/mol. The summed E-state index contributed by atoms with van der Waals surface area (Å²) in [7, 11) is 0. The molecule has 0 aromatic heterocycles. The second kappa shape index (κ2) is 2.85. The number of carbonyl (C=O) groups excluding carboxylic acids is 1. The van der Waals surface area contributed by atoms with Gasteiger partial charge in [-0.05, 0) is 42.4 Å². The number of aliphatic carboxylic acids is 1. The molecule has 0 heterocycles. The maximum atomic E-state index is 10.5. The van der Waals surface area contributed by atoms with Gasteiger partial charge in [0.2, 0.25) is 0 Å². The van der Waals surface area contributed by atoms with Crippen molar-refractivity contribution in [2.75, 3.05) is 0 Å². The van der Waals surface area contributed by atoms with Gasteiger partial charge in [0, 0.05) is 5.97 Å². The second-order valence-electron chi connectivity index (χ2n) is 5.20. The van der Waals surface area contributed by atoms with Crippen LogP contribution >= 0.6 is 0 Å². The van der Waals surface area contributed by atoms with Gasteiger partial charge in [-0.3, -0.25) is 0 Å². The molecule has 2 aliphatic rings. The van der Waals surface area contributed by atoms with Crippen molar-refractivity contribution in [3.05, 3.63) is 12.2 Å². The Morgan fingerprint density at radius 3 is 2.71 bits per heavy atom. The Bertz CT molecular complexity index is 293. The van der Waals surface area contributed by atoms with Gasteiger partial charge < -0.3 is 9.90 Å². The van der Waals surface area contributed by atoms with Crippen LogP contribution in [0.4, 0.5) is 0 Å². The summed E-state index contributed by atoms with van der Waals surface area (Å²) in [5.74, 6) is 0.500. The van der Waals surface area contributed by atoms with Gasteiger partial charge in [0.25, 0.3) is 0 Å². The lowest BCUT2D eigenvalue weighted by molar-refractivity contribution is -0.306. The lowest BCUT2D eigenvalue weighted by Gasteiger charge is -2.20. The molecule has 3 unspecified atom stereocenters. The number of hydrogen-bond donors (Lipinski definition) is 0. The Kier molecular flexibility index (Phi) is 1.98. The van der Waals surface area contributed by atoms with Crippen molar-refractivity contribution in [1.29, 1.82) is 0 Å². The van der Waals surface area contributed by atoms with E-state index < -0.39 is 5.97 Å². The molecule has 14 heavy (non-hydrogen) atoms. The first-order chi connectivity index (χ1) is 6.47. The normalized spacial score (nSPS) is 40.1. The fraction of sp³-hybridized carbons (Fsp3) is 0.750. The van der Waals surface area contributed by atoms with E-state index in [0.717, 1.165) is 6.42 Å². The maximum absolute atomic E-state index is 10.5. The maximum Gasteiger partial charge on any atom is 0.0420 e. The number of carboxylic acids is 1. The number of carbonyl (C=O) groups is 1. The molecule has 0 saturated heterocycles. The van der Waals surface area contributed by atoms with Crippen LogP contribution in [0.15, 0.2) is 12.2 Å². The molecule has 2 rings (SSSR count). The third-order valence-corrected chi connectivity index (χ3v) is 4.28. The Labute approximate surface area is 85.0 Å². The van der Waals surface area contributed by atoms with Crippen molar-refractivity contribution in [2.45, 2.75) is 33.1 Å². The summed E-state index contributed by atoms with van der Waals surface area (Å²) in [6.45, 7) is 8.51. The average Bonchev–Trinajstić information content (AvgIpc) is 2.71. The lowest BCUT2D eigenvalue weighted by Crippen LogP contribution is -2.25. The molecule has 0 radical (unpaired) electrons. The summed E-state index contributed by atoms with van der Waals surface area (Å²) in [5.41, 5.74) is 1.57. The molecule has 2 aliphatic carbocycles. The summed E-state index contributed by atoms with van der Waals surface area (Å²) in [6.07, 6.45) is 2.42. The van der Waals surface area contributed by atoms with E-state index in [1.54, 1.807) is 0 Å². The fourth-order valence-electron chi connectivity index (χ4n) is 3.20. The van der Waals surface area contributed by atoms with Crippen LogP contribution in [-0.4, -0.2) is 5.97 Å². The fourth-order valence-corrected chi connectivity index (χ4v) is 3.20. The van der Waals surface area contributed by atoms with Gasteiger partial charge in [0.05, 0.1) is 0 Å². The highest BCUT2D eigenvalue weighted by Gasteiger charge is 2.62. The largest absolute Gasteiger partial charge is 0.550 e. The smallest absolute Gasteiger partial charge is 0.0420 e. The molecule has 2 heteroatoms. The molecule has 2 fully saturated rings. The Balaban J connectivity index is 2.07. The minimum absolute atomic E-state index is 0.170. The van der Waals surface area contributed by atoms with Crippen LogP contribution in [0.1, 0.15) is 33.1 Å². The standard InChI is InChI=1S/C12H18O2/c1-7(2)12-5-9(4-11(13)14)8(3)10(12)6-12/h7,9-10H,3-6H2,1-2H3,(H,13,14)/p-1. The van der Waals surface area contributed by atoms with E-state index >= 15 is 0 Å². The van der Waals surface area contributed by atoms with E-state index in [2.05, 4.69) is 20.4 Å². The van der Waals surface area contributed by atoms with Gasteiger partial charge in [0.1, 0.15) is 0 Å². The number of fused-ring (bicyclic) bond motifs is 1. The van der Waals surface area contributed by atoms with E-state index in [0.29, 0.717) is 17.3 Å². The highest BCUT2D eigenvalue weighted by atomic mass is 16.4. The summed E-state index contributed by atoms with van der Waals surface area (Å²) >= 11 is 0. The Hall–Kier alpha value is -0.790. The van der Waals surface area contributed by atoms with Crippen LogP contribution in [-0.2, 0) is 4.79 Å². The van der Waals surface area contributed by atoms with Gasteiger partial charge >= 0.3 is 0 Å². The zero-order chi connectivity index (χ0) is 10.5. The molecule has 0 spiro atoms. The van der Waals surface area contributed by atoms with Gasteiger partial charge in [-0.1, -0.05) is 26.0 Å². The van der Waals surface area contributed by atoms with Crippen LogP contribution in [0.5, 0.6) is 0 Å². The third-order valence-electron chi connectivity index (χ3n) is 4.28. The number of allylic oxidation sites excluding steroid dienone is 1. The monoisotopic (exact) mass is 193 g/mol. The molecule has 0 aliphatic heterocycles. The van der Waals surface area contributed by atoms with Gasteiger partial charge in [-0.15, -0.1) is 0 Å². The molecule has 0 aromatic rings. The van der Waals surface area contributed by atoms with Crippen molar-refractivity contribution >= 4 is 5.97 Å². The van der Waals surface area contributed by atoms with Crippen molar-refractivity contribution in [2.24, 2.45) is 23.2 Å². The Morgan fingerprint density at radius 2 is 2.29 bits per heavy atom. The number of hydrogen-bond acceptors (Lipinski definition) is 2. The van der Waals surface area contributed by atoms with E-state index in [-0.39, 0.29) is 12.3 Å². The summed E-state index contributed by atoms with van der Waals surface area (Å²) < 4.78 is 0. The predicted octanol–water partition coefficient (Wildman–Crippen LogP) is 1.36. The minimum atomic E-state index is -0.934. The lowest BCUT2D eigenvalue weighted by atomic mass is 9.86. The first-order valence-electron chi connectivity index (χ1n) is 5.36. The summed E-state index contributed by atoms with van der Waals surface area (Å²) in [4.78, 5) is 10.5. The van der Waals surface area contributed by atoms with E-state index in [1.807, 2.05) is 0 Å². The van der Waals surface area contributed by atoms with Crippen LogP contribution in [0.2, 0.25) is 0 Å². The summed E-state index contributed by atoms with van der Waals surface area (Å²) in [6, 6.07) is 0. The molecule has 3 atom stereocenters. The molecule has 0 amide bonds. The second-order valence-corrected chi connectivity index (χ2v) is 5.20. The topological polar surface area (TPSA) is 40.1 Å². The van der Waals surface area contributed by atoms with Crippen LogP contribution in [0.3, 0.4) is 0 Å². The molecule has 0 aromatic carbocycles. The first kappa shape index (κ1) is 9.75. The first-order valence-corrected chi connectivity index (χ1v) is 5.36. The van der Waals surface area contributed by atoms with Crippen LogP contribution < -0.4 is 5.11 Å². The van der Waals surface area contributed by atoms with Crippen LogP contribution in [0.25, 0.3) is 0 Å². The predicted molar refractivity (Wildman–Crippen MR) is 52.2 cm³/mol. The van der Waals surface area contributed by atoms with Crippen LogP contribution in [0, 0.1) is 23.2 Å². The summed E-state index contributed by atoms with van der Waals surface area (Å²) in [5, 5.41) is 10.5. The molecule has 0 N–H and O–H groups in total. The molecule has 0 bridgehead atoms.